The number of hydrogen-bond acceptors (Lipinski definition) is 7. The highest BCUT2D eigenvalue weighted by atomic mass is 32.2. The van der Waals surface area contributed by atoms with Crippen molar-refractivity contribution in [3.63, 3.8) is 0 Å². The second-order valence-corrected chi connectivity index (χ2v) is 6.31. The number of aromatic nitrogens is 2. The number of hydrogen-bond donors (Lipinski definition) is 0. The molecule has 0 fully saturated rings. The number of rotatable bonds is 5. The van der Waals surface area contributed by atoms with Crippen LogP contribution in [0.1, 0.15) is 24.2 Å². The Kier molecular flexibility index (Phi) is 4.97. The van der Waals surface area contributed by atoms with Crippen LogP contribution in [0, 0.1) is 0 Å². The zero-order valence-electron chi connectivity index (χ0n) is 11.3. The van der Waals surface area contributed by atoms with Crippen LogP contribution < -0.4 is 4.74 Å². The molecular formula is C13H14N2O3S2. The van der Waals surface area contributed by atoms with Gasteiger partial charge in [-0.25, -0.2) is 4.79 Å². The summed E-state index contributed by atoms with van der Waals surface area (Å²) in [5.74, 6) is 0.244. The van der Waals surface area contributed by atoms with Gasteiger partial charge in [0.2, 0.25) is 0 Å². The van der Waals surface area contributed by atoms with Crippen LogP contribution in [0.15, 0.2) is 32.9 Å². The topological polar surface area (TPSA) is 61.3 Å². The van der Waals surface area contributed by atoms with Crippen LogP contribution in [0.4, 0.5) is 0 Å². The highest BCUT2D eigenvalue weighted by Gasteiger charge is 2.12. The summed E-state index contributed by atoms with van der Waals surface area (Å²) < 4.78 is 11.2. The molecule has 0 N–H and O–H groups in total. The van der Waals surface area contributed by atoms with Gasteiger partial charge in [-0.3, -0.25) is 0 Å². The molecule has 0 radical (unpaired) electrons. The van der Waals surface area contributed by atoms with Gasteiger partial charge in [0.1, 0.15) is 11.3 Å². The van der Waals surface area contributed by atoms with Crippen molar-refractivity contribution in [1.29, 1.82) is 0 Å². The third kappa shape index (κ3) is 3.94. The highest BCUT2D eigenvalue weighted by Crippen LogP contribution is 2.32. The minimum absolute atomic E-state index is 0.0299. The van der Waals surface area contributed by atoms with E-state index in [1.165, 1.54) is 30.2 Å². The first-order valence-electron chi connectivity index (χ1n) is 5.92. The average Bonchev–Trinajstić information content (AvgIpc) is 2.89. The van der Waals surface area contributed by atoms with Crippen molar-refractivity contribution in [2.45, 2.75) is 29.2 Å². The molecule has 0 saturated carbocycles. The van der Waals surface area contributed by atoms with Crippen molar-refractivity contribution in [3.05, 3.63) is 29.3 Å². The molecule has 1 aromatic carbocycles. The molecule has 2 rings (SSSR count). The molecule has 1 aromatic heterocycles. The molecule has 2 aromatic rings. The Hall–Kier alpha value is -1.60. The predicted octanol–water partition coefficient (Wildman–Crippen LogP) is 3.26. The second-order valence-electron chi connectivity index (χ2n) is 4.16. The Morgan fingerprint density at radius 3 is 2.75 bits per heavy atom. The number of methoxy groups -OCH3 is 1. The lowest BCUT2D eigenvalue weighted by atomic mass is 10.2. The van der Waals surface area contributed by atoms with Gasteiger partial charge in [0.15, 0.2) is 4.34 Å². The van der Waals surface area contributed by atoms with Crippen LogP contribution in [-0.4, -0.2) is 29.4 Å². The first-order valence-corrected chi connectivity index (χ1v) is 7.62. The van der Waals surface area contributed by atoms with Gasteiger partial charge in [-0.05, 0) is 32.0 Å². The van der Waals surface area contributed by atoms with E-state index in [0.717, 1.165) is 9.24 Å². The number of nitrogens with zero attached hydrogens (tertiary/aromatic N) is 2. The summed E-state index contributed by atoms with van der Waals surface area (Å²) >= 11 is 2.88. The number of carbonyl (C=O) groups excluding carboxylic acids is 1. The fourth-order valence-corrected chi connectivity index (χ4v) is 3.05. The van der Waals surface area contributed by atoms with Crippen molar-refractivity contribution < 1.29 is 14.3 Å². The van der Waals surface area contributed by atoms with Gasteiger partial charge in [0.25, 0.3) is 0 Å². The van der Waals surface area contributed by atoms with Gasteiger partial charge in [-0.15, -0.1) is 10.2 Å². The van der Waals surface area contributed by atoms with E-state index in [-0.39, 0.29) is 6.10 Å². The normalized spacial score (nSPS) is 10.6. The van der Waals surface area contributed by atoms with E-state index in [1.54, 1.807) is 17.6 Å². The lowest BCUT2D eigenvalue weighted by molar-refractivity contribution is 0.0599. The summed E-state index contributed by atoms with van der Waals surface area (Å²) in [4.78, 5) is 12.6. The summed E-state index contributed by atoms with van der Waals surface area (Å²) in [5.41, 5.74) is 2.12. The minimum atomic E-state index is -0.390. The Morgan fingerprint density at radius 1 is 1.35 bits per heavy atom. The molecule has 0 amide bonds. The number of esters is 1. The first kappa shape index (κ1) is 14.8. The summed E-state index contributed by atoms with van der Waals surface area (Å²) in [6, 6.07) is 5.31. The molecule has 7 heteroatoms. The summed E-state index contributed by atoms with van der Waals surface area (Å²) in [5, 5.41) is 7.76. The molecule has 5 nitrogen and oxygen atoms in total. The van der Waals surface area contributed by atoms with E-state index >= 15 is 0 Å². The third-order valence-corrected chi connectivity index (χ3v) is 3.97. The van der Waals surface area contributed by atoms with Crippen molar-refractivity contribution >= 4 is 29.1 Å². The lowest BCUT2D eigenvalue weighted by Crippen LogP contribution is -2.07. The van der Waals surface area contributed by atoms with Crippen LogP contribution in [0.3, 0.4) is 0 Å². The molecule has 0 spiro atoms. The first-order chi connectivity index (χ1) is 9.58. The van der Waals surface area contributed by atoms with Gasteiger partial charge in [-0.1, -0.05) is 23.1 Å². The summed E-state index contributed by atoms with van der Waals surface area (Å²) in [7, 11) is 1.36. The van der Waals surface area contributed by atoms with Crippen molar-refractivity contribution in [3.8, 4) is 5.75 Å². The Morgan fingerprint density at radius 2 is 2.15 bits per heavy atom. The molecule has 0 aliphatic rings. The second kappa shape index (κ2) is 6.71. The van der Waals surface area contributed by atoms with Crippen LogP contribution in [-0.2, 0) is 4.74 Å². The van der Waals surface area contributed by atoms with Crippen LogP contribution in [0.5, 0.6) is 5.75 Å². The van der Waals surface area contributed by atoms with Crippen molar-refractivity contribution in [2.24, 2.45) is 0 Å². The fraction of sp³-hybridized carbons (Fsp3) is 0.308. The SMILES string of the molecule is COC(=O)c1cc(OC(C)C)cc(Sc2nncs2)c1. The molecule has 1 heterocycles. The van der Waals surface area contributed by atoms with Gasteiger partial charge >= 0.3 is 5.97 Å². The zero-order chi connectivity index (χ0) is 14.5. The van der Waals surface area contributed by atoms with E-state index in [4.69, 9.17) is 9.47 Å². The van der Waals surface area contributed by atoms with Crippen molar-refractivity contribution in [1.82, 2.24) is 10.2 Å². The van der Waals surface area contributed by atoms with E-state index < -0.39 is 5.97 Å². The Bertz CT molecular complexity index is 585. The lowest BCUT2D eigenvalue weighted by Gasteiger charge is -2.12. The van der Waals surface area contributed by atoms with Gasteiger partial charge in [0, 0.05) is 4.90 Å². The molecule has 20 heavy (non-hydrogen) atoms. The largest absolute Gasteiger partial charge is 0.491 e. The molecule has 0 atom stereocenters. The van der Waals surface area contributed by atoms with E-state index in [2.05, 4.69) is 10.2 Å². The maximum Gasteiger partial charge on any atom is 0.338 e. The zero-order valence-corrected chi connectivity index (χ0v) is 13.0. The van der Waals surface area contributed by atoms with Gasteiger partial charge in [0.05, 0.1) is 18.8 Å². The van der Waals surface area contributed by atoms with Gasteiger partial charge < -0.3 is 9.47 Å². The highest BCUT2D eigenvalue weighted by molar-refractivity contribution is 8.01. The molecule has 106 valence electrons. The van der Waals surface area contributed by atoms with Gasteiger partial charge in [-0.2, -0.15) is 0 Å². The minimum Gasteiger partial charge on any atom is -0.491 e. The molecule has 0 aliphatic carbocycles. The maximum absolute atomic E-state index is 11.7. The van der Waals surface area contributed by atoms with E-state index in [0.29, 0.717) is 11.3 Å². The standard InChI is InChI=1S/C13H14N2O3S2/c1-8(2)18-10-4-9(12(16)17-3)5-11(6-10)20-13-15-14-7-19-13/h4-8H,1-3H3. The Labute approximate surface area is 125 Å². The number of benzene rings is 1. The number of carbonyl (C=O) groups is 1. The fourth-order valence-electron chi connectivity index (χ4n) is 1.51. The van der Waals surface area contributed by atoms with Crippen LogP contribution in [0.25, 0.3) is 0 Å². The summed E-state index contributed by atoms with van der Waals surface area (Å²) in [6.07, 6.45) is 0.0299. The monoisotopic (exact) mass is 310 g/mol. The smallest absolute Gasteiger partial charge is 0.338 e. The van der Waals surface area contributed by atoms with Crippen LogP contribution in [0.2, 0.25) is 0 Å². The third-order valence-electron chi connectivity index (χ3n) is 2.22. The predicted molar refractivity (Wildman–Crippen MR) is 77.6 cm³/mol. The van der Waals surface area contributed by atoms with E-state index in [1.807, 2.05) is 19.9 Å². The molecule has 0 aliphatic heterocycles. The van der Waals surface area contributed by atoms with Crippen molar-refractivity contribution in [2.75, 3.05) is 7.11 Å². The molecule has 0 bridgehead atoms. The summed E-state index contributed by atoms with van der Waals surface area (Å²) in [6.45, 7) is 3.87. The quantitative estimate of drug-likeness (QED) is 0.790. The van der Waals surface area contributed by atoms with Crippen LogP contribution >= 0.6 is 23.1 Å². The number of ether oxygens (including phenoxy) is 2. The molecule has 0 saturated heterocycles. The molecule has 0 unspecified atom stereocenters. The molecular weight excluding hydrogens is 296 g/mol. The average molecular weight is 310 g/mol. The Balaban J connectivity index is 2.31. The van der Waals surface area contributed by atoms with E-state index in [9.17, 15) is 4.79 Å². The maximum atomic E-state index is 11.7.